The summed E-state index contributed by atoms with van der Waals surface area (Å²) in [6, 6.07) is 6.64. The van der Waals surface area contributed by atoms with Crippen molar-refractivity contribution in [3.05, 3.63) is 29.3 Å². The van der Waals surface area contributed by atoms with Gasteiger partial charge in [-0.2, -0.15) is 0 Å². The van der Waals surface area contributed by atoms with Gasteiger partial charge in [0.05, 0.1) is 35.3 Å². The lowest BCUT2D eigenvalue weighted by molar-refractivity contribution is -0.134. The van der Waals surface area contributed by atoms with E-state index in [2.05, 4.69) is 5.32 Å². The standard InChI is InChI=1S/C17H24ClN3O4S/c1-3-21(13-8-9-26(24,25)12-13)17(23)11-20(2)10-16(22)19-15-7-5-4-6-14(15)18/h4-7,13H,3,8-12H2,1-2H3,(H,19,22)/t13-/m0/s1. The third kappa shape index (κ3) is 5.69. The zero-order valence-electron chi connectivity index (χ0n) is 14.9. The number of nitrogens with zero attached hydrogens (tertiary/aromatic N) is 2. The second kappa shape index (κ2) is 8.83. The van der Waals surface area contributed by atoms with Crippen molar-refractivity contribution in [1.82, 2.24) is 9.80 Å². The maximum absolute atomic E-state index is 12.5. The molecule has 0 radical (unpaired) electrons. The summed E-state index contributed by atoms with van der Waals surface area (Å²) in [4.78, 5) is 27.8. The molecule has 9 heteroatoms. The summed E-state index contributed by atoms with van der Waals surface area (Å²) in [6.45, 7) is 2.34. The molecule has 1 heterocycles. The van der Waals surface area contributed by atoms with Crippen LogP contribution in [-0.4, -0.2) is 74.3 Å². The van der Waals surface area contributed by atoms with Gasteiger partial charge in [0.15, 0.2) is 9.84 Å². The number of carbonyl (C=O) groups excluding carboxylic acids is 2. The van der Waals surface area contributed by atoms with E-state index in [4.69, 9.17) is 11.6 Å². The molecule has 1 aliphatic heterocycles. The fourth-order valence-corrected chi connectivity index (χ4v) is 4.95. The first-order chi connectivity index (χ1) is 12.2. The molecule has 144 valence electrons. The number of nitrogens with one attached hydrogen (secondary N) is 1. The number of carbonyl (C=O) groups is 2. The number of hydrogen-bond donors (Lipinski definition) is 1. The van der Waals surface area contributed by atoms with Crippen LogP contribution < -0.4 is 5.32 Å². The molecule has 0 spiro atoms. The SMILES string of the molecule is CCN(C(=O)CN(C)CC(=O)Nc1ccccc1Cl)[C@H]1CCS(=O)(=O)C1. The quantitative estimate of drug-likeness (QED) is 0.742. The van der Waals surface area contributed by atoms with E-state index in [1.165, 1.54) is 0 Å². The monoisotopic (exact) mass is 401 g/mol. The van der Waals surface area contributed by atoms with E-state index in [0.717, 1.165) is 0 Å². The Morgan fingerprint density at radius 2 is 1.96 bits per heavy atom. The van der Waals surface area contributed by atoms with Crippen LogP contribution in [0, 0.1) is 0 Å². The predicted octanol–water partition coefficient (Wildman–Crippen LogP) is 1.25. The summed E-state index contributed by atoms with van der Waals surface area (Å²) >= 11 is 6.01. The maximum Gasteiger partial charge on any atom is 0.238 e. The highest BCUT2D eigenvalue weighted by Crippen LogP contribution is 2.20. The zero-order valence-corrected chi connectivity index (χ0v) is 16.5. The molecule has 1 aliphatic rings. The molecule has 2 amide bonds. The summed E-state index contributed by atoms with van der Waals surface area (Å²) < 4.78 is 23.3. The lowest BCUT2D eigenvalue weighted by Crippen LogP contribution is -2.46. The molecule has 1 aromatic carbocycles. The van der Waals surface area contributed by atoms with Crippen molar-refractivity contribution in [2.45, 2.75) is 19.4 Å². The molecule has 2 rings (SSSR count). The summed E-state index contributed by atoms with van der Waals surface area (Å²) in [5.41, 5.74) is 0.519. The fourth-order valence-electron chi connectivity index (χ4n) is 3.03. The molecule has 0 aliphatic carbocycles. The molecule has 1 atom stereocenters. The number of halogens is 1. The average Bonchev–Trinajstić information content (AvgIpc) is 2.89. The van der Waals surface area contributed by atoms with Crippen LogP contribution in [-0.2, 0) is 19.4 Å². The van der Waals surface area contributed by atoms with Gasteiger partial charge in [0.1, 0.15) is 0 Å². The first kappa shape index (κ1) is 20.7. The Bertz CT molecular complexity index is 769. The lowest BCUT2D eigenvalue weighted by atomic mass is 10.2. The van der Waals surface area contributed by atoms with Gasteiger partial charge in [0.25, 0.3) is 0 Å². The van der Waals surface area contributed by atoms with Crippen LogP contribution in [0.25, 0.3) is 0 Å². The van der Waals surface area contributed by atoms with Crippen molar-refractivity contribution in [3.63, 3.8) is 0 Å². The van der Waals surface area contributed by atoms with E-state index in [9.17, 15) is 18.0 Å². The zero-order chi connectivity index (χ0) is 19.3. The van der Waals surface area contributed by atoms with Crippen LogP contribution >= 0.6 is 11.6 Å². The summed E-state index contributed by atoms with van der Waals surface area (Å²) in [5, 5.41) is 3.15. The molecule has 26 heavy (non-hydrogen) atoms. The van der Waals surface area contributed by atoms with E-state index in [1.54, 1.807) is 41.1 Å². The normalized spacial score (nSPS) is 18.7. The van der Waals surface area contributed by atoms with Crippen LogP contribution in [0.1, 0.15) is 13.3 Å². The molecule has 1 saturated heterocycles. The van der Waals surface area contributed by atoms with Gasteiger partial charge in [-0.05, 0) is 32.5 Å². The summed E-state index contributed by atoms with van der Waals surface area (Å²) in [6.07, 6.45) is 0.471. The first-order valence-electron chi connectivity index (χ1n) is 8.44. The van der Waals surface area contributed by atoms with Gasteiger partial charge in [-0.15, -0.1) is 0 Å². The fraction of sp³-hybridized carbons (Fsp3) is 0.529. The average molecular weight is 402 g/mol. The van der Waals surface area contributed by atoms with Gasteiger partial charge in [0, 0.05) is 12.6 Å². The molecule has 0 bridgehead atoms. The van der Waals surface area contributed by atoms with Crippen molar-refractivity contribution in [3.8, 4) is 0 Å². The van der Waals surface area contributed by atoms with Gasteiger partial charge in [0.2, 0.25) is 11.8 Å². The smallest absolute Gasteiger partial charge is 0.238 e. The molecule has 0 unspecified atom stereocenters. The van der Waals surface area contributed by atoms with E-state index in [-0.39, 0.29) is 42.5 Å². The largest absolute Gasteiger partial charge is 0.338 e. The van der Waals surface area contributed by atoms with Gasteiger partial charge in [-0.25, -0.2) is 8.42 Å². The third-order valence-corrected chi connectivity index (χ3v) is 6.36. The lowest BCUT2D eigenvalue weighted by Gasteiger charge is -2.28. The predicted molar refractivity (Wildman–Crippen MR) is 102 cm³/mol. The van der Waals surface area contributed by atoms with E-state index < -0.39 is 9.84 Å². The Morgan fingerprint density at radius 1 is 1.27 bits per heavy atom. The third-order valence-electron chi connectivity index (χ3n) is 4.28. The second-order valence-electron chi connectivity index (χ2n) is 6.44. The first-order valence-corrected chi connectivity index (χ1v) is 10.6. The van der Waals surface area contributed by atoms with Crippen LogP contribution in [0.15, 0.2) is 24.3 Å². The molecule has 1 N–H and O–H groups in total. The van der Waals surface area contributed by atoms with Crippen molar-refractivity contribution >= 4 is 38.9 Å². The van der Waals surface area contributed by atoms with Crippen molar-refractivity contribution in [2.24, 2.45) is 0 Å². The Labute approximate surface area is 159 Å². The summed E-state index contributed by atoms with van der Waals surface area (Å²) in [7, 11) is -1.38. The van der Waals surface area contributed by atoms with Crippen LogP contribution in [0.4, 0.5) is 5.69 Å². The molecular formula is C17H24ClN3O4S. The number of sulfone groups is 1. The number of anilines is 1. The Balaban J connectivity index is 1.87. The van der Waals surface area contributed by atoms with Crippen molar-refractivity contribution in [2.75, 3.05) is 43.5 Å². The molecule has 0 saturated carbocycles. The summed E-state index contributed by atoms with van der Waals surface area (Å²) in [5.74, 6) is -0.316. The van der Waals surface area contributed by atoms with E-state index >= 15 is 0 Å². The van der Waals surface area contributed by atoms with Crippen molar-refractivity contribution in [1.29, 1.82) is 0 Å². The molecular weight excluding hydrogens is 378 g/mol. The number of rotatable bonds is 7. The molecule has 1 aromatic rings. The highest BCUT2D eigenvalue weighted by Gasteiger charge is 2.34. The Morgan fingerprint density at radius 3 is 2.54 bits per heavy atom. The number of para-hydroxylation sites is 1. The Kier molecular flexibility index (Phi) is 7.02. The minimum absolute atomic E-state index is 0.0171. The highest BCUT2D eigenvalue weighted by atomic mass is 35.5. The number of hydrogen-bond acceptors (Lipinski definition) is 5. The van der Waals surface area contributed by atoms with Crippen LogP contribution in [0.3, 0.4) is 0 Å². The van der Waals surface area contributed by atoms with E-state index in [1.807, 2.05) is 6.92 Å². The number of likely N-dealkylation sites (N-methyl/N-ethyl adjacent to an activating group) is 2. The second-order valence-corrected chi connectivity index (χ2v) is 9.07. The van der Waals surface area contributed by atoms with Crippen LogP contribution in [0.2, 0.25) is 5.02 Å². The van der Waals surface area contributed by atoms with Gasteiger partial charge < -0.3 is 10.2 Å². The molecule has 0 aromatic heterocycles. The van der Waals surface area contributed by atoms with Gasteiger partial charge in [-0.3, -0.25) is 14.5 Å². The van der Waals surface area contributed by atoms with E-state index in [0.29, 0.717) is 23.7 Å². The minimum atomic E-state index is -3.05. The topological polar surface area (TPSA) is 86.8 Å². The Hall–Kier alpha value is -1.64. The number of amides is 2. The van der Waals surface area contributed by atoms with Crippen LogP contribution in [0.5, 0.6) is 0 Å². The van der Waals surface area contributed by atoms with Gasteiger partial charge >= 0.3 is 0 Å². The van der Waals surface area contributed by atoms with Crippen molar-refractivity contribution < 1.29 is 18.0 Å². The molecule has 7 nitrogen and oxygen atoms in total. The molecule has 1 fully saturated rings. The number of benzene rings is 1. The van der Waals surface area contributed by atoms with Gasteiger partial charge in [-0.1, -0.05) is 23.7 Å². The highest BCUT2D eigenvalue weighted by molar-refractivity contribution is 7.91. The minimum Gasteiger partial charge on any atom is -0.338 e. The maximum atomic E-state index is 12.5.